The highest BCUT2D eigenvalue weighted by atomic mass is 16.5. The first-order valence-corrected chi connectivity index (χ1v) is 8.27. The summed E-state index contributed by atoms with van der Waals surface area (Å²) in [4.78, 5) is 20.4. The number of nitrogens with one attached hydrogen (secondary N) is 2. The second-order valence-corrected chi connectivity index (χ2v) is 5.90. The van der Waals surface area contributed by atoms with Gasteiger partial charge in [0.15, 0.2) is 11.5 Å². The molecule has 1 heterocycles. The Balaban J connectivity index is 1.54. The van der Waals surface area contributed by atoms with Crippen LogP contribution in [0.15, 0.2) is 30.6 Å². The Morgan fingerprint density at radius 2 is 1.96 bits per heavy atom. The van der Waals surface area contributed by atoms with Crippen LogP contribution >= 0.6 is 0 Å². The normalized spacial score (nSPS) is 13.2. The molecule has 1 aromatic carbocycles. The topological polar surface area (TPSA) is 85.4 Å². The van der Waals surface area contributed by atoms with Gasteiger partial charge in [0.05, 0.1) is 14.2 Å². The largest absolute Gasteiger partial charge is 0.493 e. The minimum absolute atomic E-state index is 0.207. The van der Waals surface area contributed by atoms with E-state index in [4.69, 9.17) is 9.47 Å². The molecule has 7 heteroatoms. The maximum Gasteiger partial charge on any atom is 0.270 e. The number of benzene rings is 1. The van der Waals surface area contributed by atoms with Crippen molar-refractivity contribution < 1.29 is 14.3 Å². The molecule has 132 valence electrons. The lowest BCUT2D eigenvalue weighted by Gasteiger charge is -2.10. The van der Waals surface area contributed by atoms with Crippen molar-refractivity contribution in [2.75, 3.05) is 26.1 Å². The lowest BCUT2D eigenvalue weighted by molar-refractivity contribution is 0.0949. The number of ether oxygens (including phenoxy) is 2. The number of carbonyl (C=O) groups is 1. The number of aromatic nitrogens is 2. The van der Waals surface area contributed by atoms with Crippen LogP contribution in [0.5, 0.6) is 11.5 Å². The first kappa shape index (κ1) is 17.0. The minimum atomic E-state index is -0.207. The highest BCUT2D eigenvalue weighted by Crippen LogP contribution is 2.27. The first-order valence-electron chi connectivity index (χ1n) is 8.27. The molecule has 7 nitrogen and oxygen atoms in total. The summed E-state index contributed by atoms with van der Waals surface area (Å²) in [5.41, 5.74) is 1.42. The van der Waals surface area contributed by atoms with Crippen LogP contribution in [0.4, 0.5) is 5.82 Å². The molecule has 25 heavy (non-hydrogen) atoms. The average molecular weight is 342 g/mol. The molecule has 0 aliphatic heterocycles. The SMILES string of the molecule is COc1ccc(CCNC(=O)c2cc(NC3CC3)ncn2)cc1OC. The Morgan fingerprint density at radius 3 is 2.68 bits per heavy atom. The third kappa shape index (κ3) is 4.59. The van der Waals surface area contributed by atoms with E-state index in [0.29, 0.717) is 42.0 Å². The summed E-state index contributed by atoms with van der Waals surface area (Å²) in [6.45, 7) is 0.504. The van der Waals surface area contributed by atoms with Gasteiger partial charge >= 0.3 is 0 Å². The van der Waals surface area contributed by atoms with E-state index in [1.165, 1.54) is 6.33 Å². The Morgan fingerprint density at radius 1 is 1.16 bits per heavy atom. The van der Waals surface area contributed by atoms with E-state index < -0.39 is 0 Å². The van der Waals surface area contributed by atoms with Gasteiger partial charge < -0.3 is 20.1 Å². The van der Waals surface area contributed by atoms with Crippen LogP contribution in [-0.2, 0) is 6.42 Å². The van der Waals surface area contributed by atoms with Crippen molar-refractivity contribution in [3.05, 3.63) is 41.9 Å². The molecular weight excluding hydrogens is 320 g/mol. The summed E-state index contributed by atoms with van der Waals surface area (Å²) in [5.74, 6) is 1.86. The van der Waals surface area contributed by atoms with E-state index in [1.807, 2.05) is 18.2 Å². The number of rotatable bonds is 8. The molecule has 1 aliphatic carbocycles. The van der Waals surface area contributed by atoms with Gasteiger partial charge in [0, 0.05) is 18.7 Å². The van der Waals surface area contributed by atoms with Crippen molar-refractivity contribution in [3.8, 4) is 11.5 Å². The first-order chi connectivity index (χ1) is 12.2. The molecule has 1 aromatic heterocycles. The van der Waals surface area contributed by atoms with Gasteiger partial charge in [-0.05, 0) is 37.0 Å². The highest BCUT2D eigenvalue weighted by molar-refractivity contribution is 5.92. The van der Waals surface area contributed by atoms with Crippen molar-refractivity contribution in [1.82, 2.24) is 15.3 Å². The van der Waals surface area contributed by atoms with E-state index in [1.54, 1.807) is 20.3 Å². The smallest absolute Gasteiger partial charge is 0.270 e. The fourth-order valence-electron chi connectivity index (χ4n) is 2.44. The standard InChI is InChI=1S/C18H22N4O3/c1-24-15-6-3-12(9-16(15)25-2)7-8-19-18(23)14-10-17(21-11-20-14)22-13-4-5-13/h3,6,9-11,13H,4-5,7-8H2,1-2H3,(H,19,23)(H,20,21,22). The van der Waals surface area contributed by atoms with Crippen LogP contribution < -0.4 is 20.1 Å². The van der Waals surface area contributed by atoms with Gasteiger partial charge in [-0.3, -0.25) is 4.79 Å². The fraction of sp³-hybridized carbons (Fsp3) is 0.389. The van der Waals surface area contributed by atoms with Gasteiger partial charge in [0.1, 0.15) is 17.8 Å². The number of methoxy groups -OCH3 is 2. The highest BCUT2D eigenvalue weighted by Gasteiger charge is 2.21. The monoisotopic (exact) mass is 342 g/mol. The van der Waals surface area contributed by atoms with Crippen LogP contribution in [0.25, 0.3) is 0 Å². The Labute approximate surface area is 146 Å². The third-order valence-corrected chi connectivity index (χ3v) is 3.98. The maximum absolute atomic E-state index is 12.2. The minimum Gasteiger partial charge on any atom is -0.493 e. The molecule has 1 aliphatic rings. The predicted octanol–water partition coefficient (Wildman–Crippen LogP) is 2.04. The molecule has 2 N–H and O–H groups in total. The zero-order valence-corrected chi connectivity index (χ0v) is 14.4. The molecule has 1 fully saturated rings. The Bertz CT molecular complexity index is 747. The van der Waals surface area contributed by atoms with Gasteiger partial charge in [-0.2, -0.15) is 0 Å². The van der Waals surface area contributed by atoms with Crippen LogP contribution in [-0.4, -0.2) is 42.7 Å². The van der Waals surface area contributed by atoms with E-state index >= 15 is 0 Å². The quantitative estimate of drug-likeness (QED) is 0.764. The predicted molar refractivity (Wildman–Crippen MR) is 94.3 cm³/mol. The molecule has 0 unspecified atom stereocenters. The van der Waals surface area contributed by atoms with Crippen molar-refractivity contribution in [2.24, 2.45) is 0 Å². The number of amides is 1. The van der Waals surface area contributed by atoms with Gasteiger partial charge in [0.25, 0.3) is 5.91 Å². The van der Waals surface area contributed by atoms with E-state index in [2.05, 4.69) is 20.6 Å². The number of anilines is 1. The summed E-state index contributed by atoms with van der Waals surface area (Å²) in [5, 5.41) is 6.14. The molecule has 0 saturated heterocycles. The van der Waals surface area contributed by atoms with Gasteiger partial charge in [-0.15, -0.1) is 0 Å². The molecular formula is C18H22N4O3. The van der Waals surface area contributed by atoms with E-state index in [0.717, 1.165) is 18.4 Å². The molecule has 1 amide bonds. The van der Waals surface area contributed by atoms with Crippen LogP contribution in [0.3, 0.4) is 0 Å². The zero-order valence-electron chi connectivity index (χ0n) is 14.4. The van der Waals surface area contributed by atoms with Gasteiger partial charge in [-0.1, -0.05) is 6.07 Å². The molecule has 2 aromatic rings. The summed E-state index contributed by atoms with van der Waals surface area (Å²) >= 11 is 0. The van der Waals surface area contributed by atoms with Gasteiger partial charge in [0.2, 0.25) is 0 Å². The molecule has 0 spiro atoms. The number of nitrogens with zero attached hydrogens (tertiary/aromatic N) is 2. The number of hydrogen-bond donors (Lipinski definition) is 2. The van der Waals surface area contributed by atoms with Crippen LogP contribution in [0.2, 0.25) is 0 Å². The Kier molecular flexibility index (Phi) is 5.33. The fourth-order valence-corrected chi connectivity index (χ4v) is 2.44. The summed E-state index contributed by atoms with van der Waals surface area (Å²) in [6, 6.07) is 7.89. The van der Waals surface area contributed by atoms with E-state index in [-0.39, 0.29) is 5.91 Å². The molecule has 0 atom stereocenters. The number of carbonyl (C=O) groups excluding carboxylic acids is 1. The Hall–Kier alpha value is -2.83. The van der Waals surface area contributed by atoms with Crippen LogP contribution in [0, 0.1) is 0 Å². The van der Waals surface area contributed by atoms with Crippen molar-refractivity contribution in [1.29, 1.82) is 0 Å². The second-order valence-electron chi connectivity index (χ2n) is 5.90. The molecule has 3 rings (SSSR count). The number of hydrogen-bond acceptors (Lipinski definition) is 6. The lowest BCUT2D eigenvalue weighted by Crippen LogP contribution is -2.26. The zero-order chi connectivity index (χ0) is 17.6. The lowest BCUT2D eigenvalue weighted by atomic mass is 10.1. The summed E-state index contributed by atoms with van der Waals surface area (Å²) in [6.07, 6.45) is 4.39. The van der Waals surface area contributed by atoms with Crippen molar-refractivity contribution in [2.45, 2.75) is 25.3 Å². The molecule has 1 saturated carbocycles. The third-order valence-electron chi connectivity index (χ3n) is 3.98. The molecule has 0 radical (unpaired) electrons. The summed E-state index contributed by atoms with van der Waals surface area (Å²) in [7, 11) is 3.21. The molecule has 0 bridgehead atoms. The van der Waals surface area contributed by atoms with Gasteiger partial charge in [-0.25, -0.2) is 9.97 Å². The van der Waals surface area contributed by atoms with Crippen molar-refractivity contribution >= 4 is 11.7 Å². The summed E-state index contributed by atoms with van der Waals surface area (Å²) < 4.78 is 10.5. The second kappa shape index (κ2) is 7.83. The average Bonchev–Trinajstić information content (AvgIpc) is 3.45. The van der Waals surface area contributed by atoms with E-state index in [9.17, 15) is 4.79 Å². The maximum atomic E-state index is 12.2. The van der Waals surface area contributed by atoms with Crippen molar-refractivity contribution in [3.63, 3.8) is 0 Å². The van der Waals surface area contributed by atoms with Crippen LogP contribution in [0.1, 0.15) is 28.9 Å².